The van der Waals surface area contributed by atoms with Crippen LogP contribution in [0.2, 0.25) is 0 Å². The fourth-order valence-corrected chi connectivity index (χ4v) is 4.18. The first-order valence-corrected chi connectivity index (χ1v) is 13.8. The van der Waals surface area contributed by atoms with E-state index in [2.05, 4.69) is 0 Å². The molecule has 0 atom stereocenters. The minimum Gasteiger partial charge on any atom is -0.507 e. The number of ketones is 2. The number of carbonyl (C=O) groups is 2. The van der Waals surface area contributed by atoms with Gasteiger partial charge in [-0.1, -0.05) is 75.2 Å². The second kappa shape index (κ2) is 15.3. The van der Waals surface area contributed by atoms with Crippen LogP contribution in [0.4, 0.5) is 0 Å². The standard InChI is InChI=1S/C31H28O6.2C2H6/c1-18-5-9-24(20(3)13-18)30(34)26-11-7-22(15-28(26)32)36-17-37-23-8-12-27(29(33)16-23)31(35)25-10-6-19(2)14-21(25)4;2*1-2/h5-16,32-33H,17H2,1-4H3;2*1-2H3. The van der Waals surface area contributed by atoms with Crippen molar-refractivity contribution in [1.29, 1.82) is 0 Å². The predicted octanol–water partition coefficient (Wildman–Crippen LogP) is 8.26. The summed E-state index contributed by atoms with van der Waals surface area (Å²) in [6.45, 7) is 15.4. The van der Waals surface area contributed by atoms with E-state index in [1.165, 1.54) is 24.3 Å². The van der Waals surface area contributed by atoms with Crippen molar-refractivity contribution in [2.45, 2.75) is 55.4 Å². The molecule has 0 spiro atoms. The van der Waals surface area contributed by atoms with Crippen LogP contribution >= 0.6 is 0 Å². The third kappa shape index (κ3) is 8.21. The van der Waals surface area contributed by atoms with Crippen molar-refractivity contribution < 1.29 is 29.3 Å². The van der Waals surface area contributed by atoms with E-state index in [0.29, 0.717) is 22.6 Å². The lowest BCUT2D eigenvalue weighted by molar-refractivity contribution is 0.102. The maximum atomic E-state index is 12.9. The number of hydrogen-bond donors (Lipinski definition) is 2. The molecule has 0 aliphatic heterocycles. The second-order valence-electron chi connectivity index (χ2n) is 9.06. The second-order valence-corrected chi connectivity index (χ2v) is 9.06. The average Bonchev–Trinajstić information content (AvgIpc) is 2.95. The summed E-state index contributed by atoms with van der Waals surface area (Å²) in [6.07, 6.45) is 0. The smallest absolute Gasteiger partial charge is 0.230 e. The number of aryl methyl sites for hydroxylation is 4. The lowest BCUT2D eigenvalue weighted by atomic mass is 9.97. The molecule has 4 rings (SSSR count). The number of phenolic OH excluding ortho intramolecular Hbond substituents is 2. The molecule has 6 heteroatoms. The van der Waals surface area contributed by atoms with Gasteiger partial charge in [0.2, 0.25) is 6.79 Å². The molecule has 0 saturated carbocycles. The van der Waals surface area contributed by atoms with Gasteiger partial charge in [-0.25, -0.2) is 0 Å². The molecule has 4 aromatic rings. The van der Waals surface area contributed by atoms with Crippen molar-refractivity contribution in [3.8, 4) is 23.0 Å². The van der Waals surface area contributed by atoms with Crippen LogP contribution in [0.15, 0.2) is 72.8 Å². The summed E-state index contributed by atoms with van der Waals surface area (Å²) < 4.78 is 11.1. The van der Waals surface area contributed by atoms with Gasteiger partial charge >= 0.3 is 0 Å². The SMILES string of the molecule is CC.CC.Cc1ccc(C(=O)c2ccc(OCOc3ccc(C(=O)c4ccc(C)cc4C)c(O)c3)cc2O)c(C)c1. The first-order valence-electron chi connectivity index (χ1n) is 13.8. The van der Waals surface area contributed by atoms with Crippen LogP contribution in [-0.2, 0) is 0 Å². The van der Waals surface area contributed by atoms with Gasteiger partial charge in [-0.3, -0.25) is 9.59 Å². The Bertz CT molecular complexity index is 1390. The Balaban J connectivity index is 0.00000141. The van der Waals surface area contributed by atoms with Crippen molar-refractivity contribution in [2.75, 3.05) is 6.79 Å². The zero-order chi connectivity index (χ0) is 30.7. The maximum absolute atomic E-state index is 12.9. The normalized spacial score (nSPS) is 9.95. The molecule has 0 radical (unpaired) electrons. The predicted molar refractivity (Wildman–Crippen MR) is 164 cm³/mol. The quantitative estimate of drug-likeness (QED) is 0.168. The number of phenols is 2. The van der Waals surface area contributed by atoms with Crippen LogP contribution in [-0.4, -0.2) is 28.6 Å². The molecule has 0 aliphatic carbocycles. The van der Waals surface area contributed by atoms with Gasteiger partial charge in [0.1, 0.15) is 23.0 Å². The van der Waals surface area contributed by atoms with Gasteiger partial charge in [0.25, 0.3) is 0 Å². The Hall–Kier alpha value is -4.58. The largest absolute Gasteiger partial charge is 0.507 e. The van der Waals surface area contributed by atoms with E-state index < -0.39 is 0 Å². The van der Waals surface area contributed by atoms with E-state index in [1.807, 2.05) is 79.7 Å². The van der Waals surface area contributed by atoms with Crippen LogP contribution in [0.5, 0.6) is 23.0 Å². The summed E-state index contributed by atoms with van der Waals surface area (Å²) in [4.78, 5) is 25.7. The highest BCUT2D eigenvalue weighted by molar-refractivity contribution is 6.12. The van der Waals surface area contributed by atoms with Gasteiger partial charge in [-0.15, -0.1) is 0 Å². The van der Waals surface area contributed by atoms with Crippen LogP contribution in [0.1, 0.15) is 81.8 Å². The fraction of sp³-hybridized carbons (Fsp3) is 0.257. The molecule has 2 N–H and O–H groups in total. The summed E-state index contributed by atoms with van der Waals surface area (Å²) in [6, 6.07) is 19.9. The van der Waals surface area contributed by atoms with Crippen LogP contribution in [0.3, 0.4) is 0 Å². The van der Waals surface area contributed by atoms with Crippen LogP contribution in [0.25, 0.3) is 0 Å². The molecule has 0 saturated heterocycles. The highest BCUT2D eigenvalue weighted by Crippen LogP contribution is 2.29. The molecule has 0 fully saturated rings. The van der Waals surface area contributed by atoms with Crippen LogP contribution in [0, 0.1) is 27.7 Å². The zero-order valence-electron chi connectivity index (χ0n) is 25.2. The van der Waals surface area contributed by atoms with Crippen molar-refractivity contribution in [1.82, 2.24) is 0 Å². The summed E-state index contributed by atoms with van der Waals surface area (Å²) >= 11 is 0. The molecule has 41 heavy (non-hydrogen) atoms. The highest BCUT2D eigenvalue weighted by Gasteiger charge is 2.18. The Labute approximate surface area is 243 Å². The van der Waals surface area contributed by atoms with Crippen molar-refractivity contribution >= 4 is 11.6 Å². The summed E-state index contributed by atoms with van der Waals surface area (Å²) in [5.41, 5.74) is 5.18. The van der Waals surface area contributed by atoms with Crippen molar-refractivity contribution in [3.63, 3.8) is 0 Å². The number of ether oxygens (including phenoxy) is 2. The van der Waals surface area contributed by atoms with Crippen molar-refractivity contribution in [2.24, 2.45) is 0 Å². The molecule has 0 heterocycles. The van der Waals surface area contributed by atoms with Gasteiger partial charge in [-0.2, -0.15) is 0 Å². The van der Waals surface area contributed by atoms with E-state index in [-0.39, 0.29) is 41.0 Å². The van der Waals surface area contributed by atoms with E-state index >= 15 is 0 Å². The first kappa shape index (κ1) is 32.6. The number of benzene rings is 4. The molecular formula is C35H40O6. The summed E-state index contributed by atoms with van der Waals surface area (Å²) in [7, 11) is 0. The minimum absolute atomic E-state index is 0.175. The van der Waals surface area contributed by atoms with Gasteiger partial charge in [0.05, 0.1) is 11.1 Å². The lowest BCUT2D eigenvalue weighted by Crippen LogP contribution is -2.08. The molecular weight excluding hydrogens is 516 g/mol. The fourth-order valence-electron chi connectivity index (χ4n) is 4.18. The first-order chi connectivity index (χ1) is 19.6. The van der Waals surface area contributed by atoms with E-state index in [1.54, 1.807) is 24.3 Å². The zero-order valence-corrected chi connectivity index (χ0v) is 25.2. The molecule has 0 bridgehead atoms. The Kier molecular flexibility index (Phi) is 12.2. The molecule has 0 amide bonds. The molecule has 0 unspecified atom stereocenters. The maximum Gasteiger partial charge on any atom is 0.230 e. The van der Waals surface area contributed by atoms with Gasteiger partial charge in [0, 0.05) is 23.3 Å². The third-order valence-corrected chi connectivity index (χ3v) is 6.13. The minimum atomic E-state index is -0.274. The molecule has 0 aliphatic rings. The molecule has 4 aromatic carbocycles. The molecule has 6 nitrogen and oxygen atoms in total. The van der Waals surface area contributed by atoms with Gasteiger partial charge < -0.3 is 19.7 Å². The van der Waals surface area contributed by atoms with E-state index in [9.17, 15) is 19.8 Å². The number of aromatic hydroxyl groups is 2. The Morgan fingerprint density at radius 2 is 0.878 bits per heavy atom. The van der Waals surface area contributed by atoms with Gasteiger partial charge in [0.15, 0.2) is 11.6 Å². The lowest BCUT2D eigenvalue weighted by Gasteiger charge is -2.12. The number of carbonyl (C=O) groups excluding carboxylic acids is 2. The summed E-state index contributed by atoms with van der Waals surface area (Å²) in [5.74, 6) is -0.336. The van der Waals surface area contributed by atoms with E-state index in [4.69, 9.17) is 9.47 Å². The number of hydrogen-bond acceptors (Lipinski definition) is 6. The Morgan fingerprint density at radius 1 is 0.537 bits per heavy atom. The average molecular weight is 557 g/mol. The highest BCUT2D eigenvalue weighted by atomic mass is 16.7. The van der Waals surface area contributed by atoms with E-state index in [0.717, 1.165) is 22.3 Å². The molecule has 0 aromatic heterocycles. The van der Waals surface area contributed by atoms with Crippen LogP contribution < -0.4 is 9.47 Å². The molecule has 216 valence electrons. The monoisotopic (exact) mass is 556 g/mol. The van der Waals surface area contributed by atoms with Crippen molar-refractivity contribution in [3.05, 3.63) is 117 Å². The number of rotatable bonds is 8. The topological polar surface area (TPSA) is 93.1 Å². The Morgan fingerprint density at radius 3 is 1.20 bits per heavy atom. The van der Waals surface area contributed by atoms with Gasteiger partial charge in [-0.05, 0) is 63.1 Å². The summed E-state index contributed by atoms with van der Waals surface area (Å²) in [5, 5.41) is 20.9. The third-order valence-electron chi connectivity index (χ3n) is 6.13.